The Morgan fingerprint density at radius 3 is 2.58 bits per heavy atom. The maximum Gasteiger partial charge on any atom is 0.313 e. The molecular formula is C16H20O3. The number of methoxy groups -OCH3 is 1. The molecule has 1 aromatic rings. The zero-order valence-corrected chi connectivity index (χ0v) is 11.5. The molecule has 1 atom stereocenters. The molecule has 0 aliphatic rings. The van der Waals surface area contributed by atoms with Crippen LogP contribution in [0.5, 0.6) is 0 Å². The van der Waals surface area contributed by atoms with Crippen molar-refractivity contribution < 1.29 is 14.6 Å². The van der Waals surface area contributed by atoms with Crippen LogP contribution in [0.2, 0.25) is 0 Å². The van der Waals surface area contributed by atoms with Crippen LogP contribution in [0, 0.1) is 11.8 Å². The van der Waals surface area contributed by atoms with E-state index in [1.165, 1.54) is 7.11 Å². The van der Waals surface area contributed by atoms with Crippen molar-refractivity contribution in [1.82, 2.24) is 0 Å². The highest BCUT2D eigenvalue weighted by molar-refractivity contribution is 5.78. The third-order valence-electron chi connectivity index (χ3n) is 2.85. The van der Waals surface area contributed by atoms with Gasteiger partial charge in [-0.25, -0.2) is 0 Å². The van der Waals surface area contributed by atoms with Crippen LogP contribution >= 0.6 is 0 Å². The second-order valence-corrected chi connectivity index (χ2v) is 4.26. The SMILES string of the molecule is CCCC(C(=O)OC)c1ccc(C#CCCO)cc1. The van der Waals surface area contributed by atoms with Gasteiger partial charge in [-0.3, -0.25) is 4.79 Å². The van der Waals surface area contributed by atoms with E-state index in [-0.39, 0.29) is 18.5 Å². The fourth-order valence-corrected chi connectivity index (χ4v) is 1.87. The topological polar surface area (TPSA) is 46.5 Å². The third kappa shape index (κ3) is 4.76. The molecule has 1 N–H and O–H groups in total. The first kappa shape index (κ1) is 15.3. The fourth-order valence-electron chi connectivity index (χ4n) is 1.87. The third-order valence-corrected chi connectivity index (χ3v) is 2.85. The van der Waals surface area contributed by atoms with Crippen molar-refractivity contribution in [2.45, 2.75) is 32.1 Å². The Hall–Kier alpha value is -1.79. The quantitative estimate of drug-likeness (QED) is 0.653. The Morgan fingerprint density at radius 1 is 1.37 bits per heavy atom. The van der Waals surface area contributed by atoms with Crippen LogP contribution in [0.4, 0.5) is 0 Å². The molecule has 1 rings (SSSR count). The Labute approximate surface area is 114 Å². The van der Waals surface area contributed by atoms with Crippen molar-refractivity contribution in [1.29, 1.82) is 0 Å². The molecule has 0 aliphatic heterocycles. The number of benzene rings is 1. The lowest BCUT2D eigenvalue weighted by molar-refractivity contribution is -0.142. The van der Waals surface area contributed by atoms with Crippen molar-refractivity contribution in [3.63, 3.8) is 0 Å². The highest BCUT2D eigenvalue weighted by Crippen LogP contribution is 2.23. The van der Waals surface area contributed by atoms with E-state index in [2.05, 4.69) is 11.8 Å². The van der Waals surface area contributed by atoms with Crippen molar-refractivity contribution >= 4 is 5.97 Å². The first-order valence-corrected chi connectivity index (χ1v) is 6.50. The molecule has 0 bridgehead atoms. The summed E-state index contributed by atoms with van der Waals surface area (Å²) in [4.78, 5) is 11.7. The van der Waals surface area contributed by atoms with Gasteiger partial charge in [-0.05, 0) is 24.1 Å². The van der Waals surface area contributed by atoms with E-state index in [1.807, 2.05) is 31.2 Å². The Kier molecular flexibility index (Phi) is 6.70. The molecule has 19 heavy (non-hydrogen) atoms. The maximum atomic E-state index is 11.7. The lowest BCUT2D eigenvalue weighted by Crippen LogP contribution is -2.14. The second kappa shape index (κ2) is 8.34. The molecule has 1 aromatic carbocycles. The van der Waals surface area contributed by atoms with Gasteiger partial charge in [0.15, 0.2) is 0 Å². The minimum Gasteiger partial charge on any atom is -0.469 e. The standard InChI is InChI=1S/C16H20O3/c1-3-6-15(16(18)19-2)14-10-8-13(9-11-14)7-4-5-12-17/h8-11,15,17H,3,5-6,12H2,1-2H3. The van der Waals surface area contributed by atoms with Crippen LogP contribution in [0.25, 0.3) is 0 Å². The first-order valence-electron chi connectivity index (χ1n) is 6.50. The zero-order valence-electron chi connectivity index (χ0n) is 11.5. The molecule has 1 unspecified atom stereocenters. The molecule has 3 nitrogen and oxygen atoms in total. The summed E-state index contributed by atoms with van der Waals surface area (Å²) < 4.78 is 4.83. The molecule has 102 valence electrons. The van der Waals surface area contributed by atoms with Gasteiger partial charge in [0, 0.05) is 12.0 Å². The monoisotopic (exact) mass is 260 g/mol. The number of ether oxygens (including phenoxy) is 1. The number of aliphatic hydroxyl groups excluding tert-OH is 1. The molecule has 0 amide bonds. The average molecular weight is 260 g/mol. The highest BCUT2D eigenvalue weighted by Gasteiger charge is 2.19. The average Bonchev–Trinajstić information content (AvgIpc) is 2.45. The molecule has 0 heterocycles. The van der Waals surface area contributed by atoms with Crippen LogP contribution in [0.1, 0.15) is 43.2 Å². The molecule has 0 aliphatic carbocycles. The van der Waals surface area contributed by atoms with E-state index in [1.54, 1.807) is 0 Å². The number of hydrogen-bond acceptors (Lipinski definition) is 3. The van der Waals surface area contributed by atoms with E-state index in [0.29, 0.717) is 6.42 Å². The molecular weight excluding hydrogens is 240 g/mol. The minimum absolute atomic E-state index is 0.0754. The van der Waals surface area contributed by atoms with Gasteiger partial charge in [-0.1, -0.05) is 37.3 Å². The molecule has 0 saturated heterocycles. The van der Waals surface area contributed by atoms with Gasteiger partial charge >= 0.3 is 5.97 Å². The first-order chi connectivity index (χ1) is 9.22. The van der Waals surface area contributed by atoms with Gasteiger partial charge in [0.2, 0.25) is 0 Å². The van der Waals surface area contributed by atoms with Crippen LogP contribution in [0.3, 0.4) is 0 Å². The zero-order chi connectivity index (χ0) is 14.1. The van der Waals surface area contributed by atoms with E-state index < -0.39 is 0 Å². The van der Waals surface area contributed by atoms with Crippen LogP contribution in [-0.4, -0.2) is 24.8 Å². The number of carbonyl (C=O) groups excluding carboxylic acids is 1. The normalized spacial score (nSPS) is 11.3. The fraction of sp³-hybridized carbons (Fsp3) is 0.438. The predicted molar refractivity (Wildman–Crippen MR) is 74.7 cm³/mol. The highest BCUT2D eigenvalue weighted by atomic mass is 16.5. The van der Waals surface area contributed by atoms with Gasteiger partial charge in [0.1, 0.15) is 0 Å². The summed E-state index contributed by atoms with van der Waals surface area (Å²) in [7, 11) is 1.42. The Bertz CT molecular complexity index is 451. The van der Waals surface area contributed by atoms with Crippen molar-refractivity contribution in [2.75, 3.05) is 13.7 Å². The number of esters is 1. The largest absolute Gasteiger partial charge is 0.469 e. The number of hydrogen-bond donors (Lipinski definition) is 1. The van der Waals surface area contributed by atoms with Crippen molar-refractivity contribution in [2.24, 2.45) is 0 Å². The van der Waals surface area contributed by atoms with Crippen molar-refractivity contribution in [3.05, 3.63) is 35.4 Å². The summed E-state index contributed by atoms with van der Waals surface area (Å²) in [6.07, 6.45) is 2.18. The number of rotatable bonds is 5. The van der Waals surface area contributed by atoms with Gasteiger partial charge in [0.05, 0.1) is 19.6 Å². The summed E-state index contributed by atoms with van der Waals surface area (Å²) in [5, 5.41) is 8.65. The lowest BCUT2D eigenvalue weighted by atomic mass is 9.94. The van der Waals surface area contributed by atoms with Crippen LogP contribution in [-0.2, 0) is 9.53 Å². The maximum absolute atomic E-state index is 11.7. The number of carbonyl (C=O) groups is 1. The summed E-state index contributed by atoms with van der Waals surface area (Å²) >= 11 is 0. The summed E-state index contributed by atoms with van der Waals surface area (Å²) in [6, 6.07) is 7.62. The van der Waals surface area contributed by atoms with Crippen LogP contribution in [0.15, 0.2) is 24.3 Å². The van der Waals surface area contributed by atoms with Gasteiger partial charge in [-0.15, -0.1) is 0 Å². The molecule has 0 radical (unpaired) electrons. The summed E-state index contributed by atoms with van der Waals surface area (Å²) in [5.41, 5.74) is 1.85. The molecule has 3 heteroatoms. The van der Waals surface area contributed by atoms with Gasteiger partial charge < -0.3 is 9.84 Å². The summed E-state index contributed by atoms with van der Waals surface area (Å²) in [5.74, 6) is 5.44. The second-order valence-electron chi connectivity index (χ2n) is 4.26. The number of aliphatic hydroxyl groups is 1. The van der Waals surface area contributed by atoms with E-state index in [0.717, 1.165) is 24.0 Å². The predicted octanol–water partition coefficient (Wildman–Crippen LogP) is 2.48. The Balaban J connectivity index is 2.84. The molecule has 0 aromatic heterocycles. The van der Waals surface area contributed by atoms with Crippen LogP contribution < -0.4 is 0 Å². The summed E-state index contributed by atoms with van der Waals surface area (Å²) in [6.45, 7) is 2.12. The van der Waals surface area contributed by atoms with Gasteiger partial charge in [0.25, 0.3) is 0 Å². The van der Waals surface area contributed by atoms with E-state index in [4.69, 9.17) is 9.84 Å². The minimum atomic E-state index is -0.200. The van der Waals surface area contributed by atoms with E-state index >= 15 is 0 Å². The van der Waals surface area contributed by atoms with Crippen molar-refractivity contribution in [3.8, 4) is 11.8 Å². The molecule has 0 saturated carbocycles. The molecule has 0 spiro atoms. The Morgan fingerprint density at radius 2 is 2.05 bits per heavy atom. The van der Waals surface area contributed by atoms with Gasteiger partial charge in [-0.2, -0.15) is 0 Å². The van der Waals surface area contributed by atoms with E-state index in [9.17, 15) is 4.79 Å². The molecule has 0 fully saturated rings. The smallest absolute Gasteiger partial charge is 0.313 e. The lowest BCUT2D eigenvalue weighted by Gasteiger charge is -2.13.